The van der Waals surface area contributed by atoms with Crippen molar-refractivity contribution in [1.29, 1.82) is 0 Å². The van der Waals surface area contributed by atoms with Crippen LogP contribution in [0.3, 0.4) is 0 Å². The molecule has 0 spiro atoms. The Labute approximate surface area is 149 Å². The summed E-state index contributed by atoms with van der Waals surface area (Å²) in [5.74, 6) is -0.678. The maximum Gasteiger partial charge on any atom is 0.207 e. The Balaban J connectivity index is 2.09. The Kier molecular flexibility index (Phi) is 4.67. The number of ketones is 2. The van der Waals surface area contributed by atoms with Crippen molar-refractivity contribution in [2.45, 2.75) is 13.8 Å². The largest absolute Gasteiger partial charge is 0.507 e. The molecule has 0 aliphatic heterocycles. The maximum absolute atomic E-state index is 13.0. The molecule has 2 aromatic heterocycles. The van der Waals surface area contributed by atoms with Crippen LogP contribution in [0.15, 0.2) is 58.7 Å². The van der Waals surface area contributed by atoms with Crippen LogP contribution in [0.2, 0.25) is 0 Å². The number of thiophene rings is 1. The Hall–Kier alpha value is -2.92. The van der Waals surface area contributed by atoms with E-state index in [1.54, 1.807) is 30.3 Å². The quantitative estimate of drug-likeness (QED) is 0.310. The van der Waals surface area contributed by atoms with Gasteiger partial charge in [0.25, 0.3) is 0 Å². The van der Waals surface area contributed by atoms with Crippen LogP contribution in [0.4, 0.5) is 0 Å². The zero-order chi connectivity index (χ0) is 18.0. The average molecular weight is 352 g/mol. The van der Waals surface area contributed by atoms with E-state index in [2.05, 4.69) is 0 Å². The van der Waals surface area contributed by atoms with Gasteiger partial charge >= 0.3 is 0 Å². The first-order valence-corrected chi connectivity index (χ1v) is 8.48. The fourth-order valence-corrected chi connectivity index (χ4v) is 3.24. The van der Waals surface area contributed by atoms with Gasteiger partial charge < -0.3 is 9.52 Å². The van der Waals surface area contributed by atoms with E-state index in [9.17, 15) is 14.7 Å². The number of aryl methyl sites for hydroxylation is 2. The molecule has 1 N–H and O–H groups in total. The number of furan rings is 1. The predicted molar refractivity (Wildman–Crippen MR) is 97.2 cm³/mol. The first kappa shape index (κ1) is 16.9. The molecule has 0 aliphatic rings. The number of benzene rings is 1. The number of phenolic OH excluding ortho intramolecular Hbond substituents is 1. The fourth-order valence-electron chi connectivity index (χ4n) is 2.42. The molecular weight excluding hydrogens is 336 g/mol. The molecule has 0 saturated heterocycles. The summed E-state index contributed by atoms with van der Waals surface area (Å²) in [7, 11) is 0. The third kappa shape index (κ3) is 3.61. The highest BCUT2D eigenvalue weighted by molar-refractivity contribution is 7.14. The van der Waals surface area contributed by atoms with Gasteiger partial charge in [0.05, 0.1) is 22.3 Å². The molecule has 3 aromatic rings. The molecule has 3 rings (SSSR count). The molecule has 0 amide bonds. The zero-order valence-electron chi connectivity index (χ0n) is 13.8. The van der Waals surface area contributed by atoms with Crippen molar-refractivity contribution in [3.63, 3.8) is 0 Å². The van der Waals surface area contributed by atoms with Crippen LogP contribution in [-0.2, 0) is 0 Å². The number of hydrogen-bond donors (Lipinski definition) is 1. The van der Waals surface area contributed by atoms with E-state index in [0.29, 0.717) is 10.6 Å². The van der Waals surface area contributed by atoms with E-state index in [1.165, 1.54) is 29.7 Å². The summed E-state index contributed by atoms with van der Waals surface area (Å²) in [6, 6.07) is 11.6. The molecule has 0 atom stereocenters. The van der Waals surface area contributed by atoms with Crippen molar-refractivity contribution in [2.75, 3.05) is 0 Å². The zero-order valence-corrected chi connectivity index (χ0v) is 14.6. The number of carbonyl (C=O) groups is 2. The lowest BCUT2D eigenvalue weighted by Crippen LogP contribution is -2.13. The van der Waals surface area contributed by atoms with Gasteiger partial charge in [0.15, 0.2) is 0 Å². The average Bonchev–Trinajstić information content (AvgIpc) is 3.25. The number of rotatable bonds is 5. The number of aromatic hydroxyl groups is 1. The Morgan fingerprint density at radius 1 is 1.08 bits per heavy atom. The van der Waals surface area contributed by atoms with E-state index >= 15 is 0 Å². The molecule has 2 heterocycles. The third-order valence-electron chi connectivity index (χ3n) is 3.68. The predicted octanol–water partition coefficient (Wildman–Crippen LogP) is 4.81. The number of allylic oxidation sites excluding steroid dienone is 1. The van der Waals surface area contributed by atoms with Crippen molar-refractivity contribution in [2.24, 2.45) is 0 Å². The van der Waals surface area contributed by atoms with Crippen LogP contribution >= 0.6 is 11.3 Å². The second kappa shape index (κ2) is 6.91. The monoisotopic (exact) mass is 352 g/mol. The molecule has 4 nitrogen and oxygen atoms in total. The number of hydrogen-bond acceptors (Lipinski definition) is 5. The second-order valence-electron chi connectivity index (χ2n) is 5.66. The van der Waals surface area contributed by atoms with Gasteiger partial charge in [-0.2, -0.15) is 0 Å². The van der Waals surface area contributed by atoms with Gasteiger partial charge in [0.1, 0.15) is 11.5 Å². The summed E-state index contributed by atoms with van der Waals surface area (Å²) in [6.45, 7) is 3.71. The van der Waals surface area contributed by atoms with Crippen molar-refractivity contribution in [3.8, 4) is 5.75 Å². The molecule has 25 heavy (non-hydrogen) atoms. The number of carbonyl (C=O) groups excluding carboxylic acids is 2. The normalized spacial score (nSPS) is 11.5. The third-order valence-corrected chi connectivity index (χ3v) is 4.68. The van der Waals surface area contributed by atoms with Crippen LogP contribution in [0.5, 0.6) is 5.75 Å². The van der Waals surface area contributed by atoms with Gasteiger partial charge in [-0.05, 0) is 56.3 Å². The smallest absolute Gasteiger partial charge is 0.207 e. The summed E-state index contributed by atoms with van der Waals surface area (Å²) in [5.41, 5.74) is 0.870. The van der Waals surface area contributed by atoms with Gasteiger partial charge in [0, 0.05) is 4.88 Å². The van der Waals surface area contributed by atoms with Crippen LogP contribution < -0.4 is 0 Å². The fraction of sp³-hybridized carbons (Fsp3) is 0.100. The van der Waals surface area contributed by atoms with Gasteiger partial charge in [0.2, 0.25) is 11.6 Å². The van der Waals surface area contributed by atoms with E-state index in [0.717, 1.165) is 10.4 Å². The molecule has 0 fully saturated rings. The second-order valence-corrected chi connectivity index (χ2v) is 6.95. The van der Waals surface area contributed by atoms with E-state index < -0.39 is 5.78 Å². The molecule has 0 aliphatic carbocycles. The summed E-state index contributed by atoms with van der Waals surface area (Å²) in [5, 5.41) is 10.1. The molecule has 1 aromatic carbocycles. The SMILES string of the molecule is Cc1ccc(O)c(C(=O)C(=Cc2ccco2)C(=O)c2ccc(C)s2)c1. The van der Waals surface area contributed by atoms with Crippen molar-refractivity contribution >= 4 is 29.0 Å². The molecule has 0 saturated carbocycles. The van der Waals surface area contributed by atoms with Crippen LogP contribution in [-0.4, -0.2) is 16.7 Å². The summed E-state index contributed by atoms with van der Waals surface area (Å²) in [6.07, 6.45) is 2.89. The summed E-state index contributed by atoms with van der Waals surface area (Å²) in [4.78, 5) is 27.3. The van der Waals surface area contributed by atoms with Crippen LogP contribution in [0, 0.1) is 13.8 Å². The highest BCUT2D eigenvalue weighted by Gasteiger charge is 2.25. The Bertz CT molecular complexity index is 962. The van der Waals surface area contributed by atoms with E-state index in [1.807, 2.05) is 19.9 Å². The minimum atomic E-state index is -0.534. The number of Topliss-reactive ketones (excluding diaryl/α,β-unsaturated/α-hetero) is 2. The Morgan fingerprint density at radius 2 is 1.88 bits per heavy atom. The van der Waals surface area contributed by atoms with E-state index in [-0.39, 0.29) is 22.7 Å². The highest BCUT2D eigenvalue weighted by Crippen LogP contribution is 2.27. The Morgan fingerprint density at radius 3 is 2.52 bits per heavy atom. The van der Waals surface area contributed by atoms with E-state index in [4.69, 9.17) is 4.42 Å². The van der Waals surface area contributed by atoms with Gasteiger partial charge in [-0.3, -0.25) is 9.59 Å². The van der Waals surface area contributed by atoms with Crippen molar-refractivity contribution < 1.29 is 19.1 Å². The molecule has 0 unspecified atom stereocenters. The topological polar surface area (TPSA) is 67.5 Å². The van der Waals surface area contributed by atoms with Crippen molar-refractivity contribution in [3.05, 3.63) is 80.9 Å². The van der Waals surface area contributed by atoms with Crippen molar-refractivity contribution in [1.82, 2.24) is 0 Å². The maximum atomic E-state index is 13.0. The lowest BCUT2D eigenvalue weighted by Gasteiger charge is -2.08. The van der Waals surface area contributed by atoms with Gasteiger partial charge in [-0.25, -0.2) is 0 Å². The minimum Gasteiger partial charge on any atom is -0.507 e. The first-order valence-electron chi connectivity index (χ1n) is 7.66. The standard InChI is InChI=1S/C20H16O4S/c1-12-5-7-17(21)15(10-12)19(22)16(11-14-4-3-9-24-14)20(23)18-8-6-13(2)25-18/h3-11,21H,1-2H3. The van der Waals surface area contributed by atoms with Gasteiger partial charge in [-0.1, -0.05) is 11.6 Å². The summed E-state index contributed by atoms with van der Waals surface area (Å²) < 4.78 is 5.26. The molecule has 0 bridgehead atoms. The molecular formula is C20H16O4S. The molecule has 0 radical (unpaired) electrons. The van der Waals surface area contributed by atoms with Crippen LogP contribution in [0.25, 0.3) is 6.08 Å². The molecule has 126 valence electrons. The molecule has 5 heteroatoms. The summed E-state index contributed by atoms with van der Waals surface area (Å²) >= 11 is 1.32. The minimum absolute atomic E-state index is 0.0438. The first-order chi connectivity index (χ1) is 12.0. The lowest BCUT2D eigenvalue weighted by atomic mass is 9.96. The van der Waals surface area contributed by atoms with Crippen LogP contribution in [0.1, 0.15) is 36.2 Å². The highest BCUT2D eigenvalue weighted by atomic mass is 32.1. The number of phenols is 1. The van der Waals surface area contributed by atoms with Gasteiger partial charge in [-0.15, -0.1) is 11.3 Å². The lowest BCUT2D eigenvalue weighted by molar-refractivity contribution is 0.0965.